The predicted molar refractivity (Wildman–Crippen MR) is 70.0 cm³/mol. The van der Waals surface area contributed by atoms with E-state index < -0.39 is 6.04 Å². The van der Waals surface area contributed by atoms with E-state index in [4.69, 9.17) is 5.26 Å². The monoisotopic (exact) mass is 243 g/mol. The summed E-state index contributed by atoms with van der Waals surface area (Å²) in [5.74, 6) is -0.0512. The maximum atomic E-state index is 12.0. The van der Waals surface area contributed by atoms with Crippen LogP contribution in [0.25, 0.3) is 0 Å². The Morgan fingerprint density at radius 1 is 1.44 bits per heavy atom. The molecule has 1 amide bonds. The van der Waals surface area contributed by atoms with E-state index in [1.54, 1.807) is 0 Å². The van der Waals surface area contributed by atoms with Crippen molar-refractivity contribution in [1.29, 1.82) is 5.26 Å². The fourth-order valence-electron chi connectivity index (χ4n) is 2.41. The summed E-state index contributed by atoms with van der Waals surface area (Å²) in [5, 5.41) is 11.8. The number of nitrogens with zero attached hydrogens (tertiary/aromatic N) is 2. The molecule has 4 heteroatoms. The van der Waals surface area contributed by atoms with Crippen molar-refractivity contribution in [2.24, 2.45) is 0 Å². The normalized spacial score (nSPS) is 24.0. The maximum Gasteiger partial charge on any atom is 0.243 e. The molecule has 1 aliphatic rings. The molecular formula is C14H17N3O. The molecular weight excluding hydrogens is 226 g/mol. The van der Waals surface area contributed by atoms with Crippen LogP contribution in [0, 0.1) is 11.3 Å². The van der Waals surface area contributed by atoms with Gasteiger partial charge < -0.3 is 10.2 Å². The number of carbonyl (C=O) groups is 1. The Balaban J connectivity index is 2.36. The number of amides is 1. The fraction of sp³-hybridized carbons (Fsp3) is 0.429. The summed E-state index contributed by atoms with van der Waals surface area (Å²) in [6.07, 6.45) is 1.10. The molecule has 0 aliphatic carbocycles. The zero-order valence-electron chi connectivity index (χ0n) is 10.5. The molecule has 0 spiro atoms. The van der Waals surface area contributed by atoms with E-state index in [2.05, 4.69) is 23.2 Å². The van der Waals surface area contributed by atoms with Gasteiger partial charge in [-0.2, -0.15) is 5.26 Å². The van der Waals surface area contributed by atoms with Gasteiger partial charge in [-0.3, -0.25) is 4.79 Å². The summed E-state index contributed by atoms with van der Waals surface area (Å²) in [5.41, 5.74) is 1.00. The van der Waals surface area contributed by atoms with Crippen LogP contribution in [-0.2, 0) is 4.79 Å². The molecule has 2 unspecified atom stereocenters. The highest BCUT2D eigenvalue weighted by molar-refractivity contribution is 5.86. The molecule has 4 nitrogen and oxygen atoms in total. The minimum Gasteiger partial charge on any atom is -0.356 e. The van der Waals surface area contributed by atoms with Crippen LogP contribution >= 0.6 is 0 Å². The van der Waals surface area contributed by atoms with Crippen LogP contribution in [0.2, 0.25) is 0 Å². The van der Waals surface area contributed by atoms with Crippen molar-refractivity contribution in [1.82, 2.24) is 5.32 Å². The standard InChI is InChI=1S/C14H17N3O/c1-11-8-10-16-14(18)13(7-9-15)17(11)12-5-3-2-4-6-12/h2-6,11,13H,7-8,10H2,1H3,(H,16,18). The van der Waals surface area contributed by atoms with E-state index in [1.807, 2.05) is 30.3 Å². The number of nitriles is 1. The van der Waals surface area contributed by atoms with E-state index in [0.29, 0.717) is 6.54 Å². The second-order valence-electron chi connectivity index (χ2n) is 4.55. The van der Waals surface area contributed by atoms with E-state index in [1.165, 1.54) is 0 Å². The van der Waals surface area contributed by atoms with Crippen LogP contribution in [0.4, 0.5) is 5.69 Å². The van der Waals surface area contributed by atoms with Gasteiger partial charge in [-0.15, -0.1) is 0 Å². The zero-order chi connectivity index (χ0) is 13.0. The van der Waals surface area contributed by atoms with E-state index in [0.717, 1.165) is 12.1 Å². The lowest BCUT2D eigenvalue weighted by atomic mass is 10.1. The second kappa shape index (κ2) is 5.54. The van der Waals surface area contributed by atoms with Crippen molar-refractivity contribution in [2.45, 2.75) is 31.8 Å². The number of rotatable bonds is 2. The van der Waals surface area contributed by atoms with Crippen molar-refractivity contribution >= 4 is 11.6 Å². The molecule has 0 saturated carbocycles. The van der Waals surface area contributed by atoms with Gasteiger partial charge in [0.15, 0.2) is 0 Å². The number of nitrogens with one attached hydrogen (secondary N) is 1. The van der Waals surface area contributed by atoms with Crippen LogP contribution in [0.5, 0.6) is 0 Å². The Kier molecular flexibility index (Phi) is 3.83. The molecule has 0 radical (unpaired) electrons. The van der Waals surface area contributed by atoms with Gasteiger partial charge in [0.1, 0.15) is 6.04 Å². The number of hydrogen-bond acceptors (Lipinski definition) is 3. The third-order valence-electron chi connectivity index (χ3n) is 3.31. The van der Waals surface area contributed by atoms with Gasteiger partial charge >= 0.3 is 0 Å². The van der Waals surface area contributed by atoms with Crippen molar-refractivity contribution < 1.29 is 4.79 Å². The SMILES string of the molecule is CC1CCNC(=O)C(CC#N)N1c1ccccc1. The van der Waals surface area contributed by atoms with Crippen molar-refractivity contribution in [3.8, 4) is 6.07 Å². The zero-order valence-corrected chi connectivity index (χ0v) is 10.5. The smallest absolute Gasteiger partial charge is 0.243 e. The van der Waals surface area contributed by atoms with Crippen molar-refractivity contribution in [2.75, 3.05) is 11.4 Å². The molecule has 2 atom stereocenters. The molecule has 1 fully saturated rings. The molecule has 1 saturated heterocycles. The maximum absolute atomic E-state index is 12.0. The third-order valence-corrected chi connectivity index (χ3v) is 3.31. The topological polar surface area (TPSA) is 56.1 Å². The molecule has 1 aromatic carbocycles. The Morgan fingerprint density at radius 3 is 2.83 bits per heavy atom. The van der Waals surface area contributed by atoms with Crippen LogP contribution < -0.4 is 10.2 Å². The van der Waals surface area contributed by atoms with Gasteiger partial charge in [-0.25, -0.2) is 0 Å². The molecule has 1 N–H and O–H groups in total. The molecule has 2 rings (SSSR count). The molecule has 1 heterocycles. The van der Waals surface area contributed by atoms with Gasteiger partial charge in [0.2, 0.25) is 5.91 Å². The average Bonchev–Trinajstić information content (AvgIpc) is 2.51. The first-order valence-corrected chi connectivity index (χ1v) is 6.22. The first-order chi connectivity index (χ1) is 8.74. The lowest BCUT2D eigenvalue weighted by Crippen LogP contribution is -2.47. The summed E-state index contributed by atoms with van der Waals surface area (Å²) in [6, 6.07) is 11.8. The van der Waals surface area contributed by atoms with E-state index in [9.17, 15) is 4.79 Å². The lowest BCUT2D eigenvalue weighted by Gasteiger charge is -2.34. The first-order valence-electron chi connectivity index (χ1n) is 6.22. The largest absolute Gasteiger partial charge is 0.356 e. The number of benzene rings is 1. The molecule has 0 aromatic heterocycles. The van der Waals surface area contributed by atoms with Gasteiger partial charge in [0.25, 0.3) is 0 Å². The molecule has 94 valence electrons. The Labute approximate surface area is 107 Å². The number of hydrogen-bond donors (Lipinski definition) is 1. The summed E-state index contributed by atoms with van der Waals surface area (Å²) in [4.78, 5) is 14.1. The van der Waals surface area contributed by atoms with Gasteiger partial charge in [-0.1, -0.05) is 18.2 Å². The Hall–Kier alpha value is -2.02. The molecule has 18 heavy (non-hydrogen) atoms. The quantitative estimate of drug-likeness (QED) is 0.859. The summed E-state index contributed by atoms with van der Waals surface area (Å²) >= 11 is 0. The van der Waals surface area contributed by atoms with E-state index in [-0.39, 0.29) is 18.4 Å². The summed E-state index contributed by atoms with van der Waals surface area (Å²) < 4.78 is 0. The highest BCUT2D eigenvalue weighted by atomic mass is 16.2. The van der Waals surface area contributed by atoms with Crippen LogP contribution in [0.15, 0.2) is 30.3 Å². The number of para-hydroxylation sites is 1. The average molecular weight is 243 g/mol. The number of carbonyl (C=O) groups excluding carboxylic acids is 1. The molecule has 1 aromatic rings. The lowest BCUT2D eigenvalue weighted by molar-refractivity contribution is -0.122. The van der Waals surface area contributed by atoms with Gasteiger partial charge in [0, 0.05) is 18.3 Å². The van der Waals surface area contributed by atoms with E-state index >= 15 is 0 Å². The highest BCUT2D eigenvalue weighted by Gasteiger charge is 2.31. The number of anilines is 1. The highest BCUT2D eigenvalue weighted by Crippen LogP contribution is 2.24. The summed E-state index contributed by atoms with van der Waals surface area (Å²) in [6.45, 7) is 2.77. The fourth-order valence-corrected chi connectivity index (χ4v) is 2.41. The Morgan fingerprint density at radius 2 is 2.17 bits per heavy atom. The third kappa shape index (κ3) is 2.45. The first kappa shape index (κ1) is 12.4. The molecule has 1 aliphatic heterocycles. The van der Waals surface area contributed by atoms with Crippen LogP contribution in [-0.4, -0.2) is 24.5 Å². The minimum absolute atomic E-state index is 0.0512. The molecule has 0 bridgehead atoms. The van der Waals surface area contributed by atoms with Crippen LogP contribution in [0.3, 0.4) is 0 Å². The summed E-state index contributed by atoms with van der Waals surface area (Å²) in [7, 11) is 0. The minimum atomic E-state index is -0.394. The predicted octanol–water partition coefficient (Wildman–Crippen LogP) is 1.68. The van der Waals surface area contributed by atoms with Gasteiger partial charge in [-0.05, 0) is 25.5 Å². The van der Waals surface area contributed by atoms with Crippen LogP contribution in [0.1, 0.15) is 19.8 Å². The second-order valence-corrected chi connectivity index (χ2v) is 4.55. The van der Waals surface area contributed by atoms with Crippen molar-refractivity contribution in [3.05, 3.63) is 30.3 Å². The Bertz CT molecular complexity index is 452. The van der Waals surface area contributed by atoms with Gasteiger partial charge in [0.05, 0.1) is 12.5 Å². The van der Waals surface area contributed by atoms with Crippen molar-refractivity contribution in [3.63, 3.8) is 0 Å².